The highest BCUT2D eigenvalue weighted by molar-refractivity contribution is 7.09. The Morgan fingerprint density at radius 2 is 2.21 bits per heavy atom. The number of carbonyl (C=O) groups is 1. The molecule has 0 aliphatic heterocycles. The molecular weight excluding hydrogens is 376 g/mol. The van der Waals surface area contributed by atoms with Crippen molar-refractivity contribution in [2.45, 2.75) is 26.5 Å². The van der Waals surface area contributed by atoms with Gasteiger partial charge in [0.25, 0.3) is 5.91 Å². The van der Waals surface area contributed by atoms with Gasteiger partial charge >= 0.3 is 0 Å². The summed E-state index contributed by atoms with van der Waals surface area (Å²) >= 11 is 1.51. The van der Waals surface area contributed by atoms with Crippen molar-refractivity contribution in [3.8, 4) is 5.75 Å². The van der Waals surface area contributed by atoms with Crippen LogP contribution in [0.2, 0.25) is 0 Å². The minimum absolute atomic E-state index is 0.125. The van der Waals surface area contributed by atoms with Crippen LogP contribution in [-0.2, 0) is 6.61 Å². The molecule has 0 bridgehead atoms. The molecule has 0 saturated heterocycles. The molecule has 8 heteroatoms. The van der Waals surface area contributed by atoms with Crippen LogP contribution in [-0.4, -0.2) is 20.9 Å². The number of pyridine rings is 1. The molecule has 0 fully saturated rings. The van der Waals surface area contributed by atoms with Gasteiger partial charge in [0.15, 0.2) is 12.3 Å². The summed E-state index contributed by atoms with van der Waals surface area (Å²) in [6.07, 6.45) is 3.08. The number of thiazole rings is 1. The Morgan fingerprint density at radius 3 is 3.04 bits per heavy atom. The SMILES string of the molecule is Cc1csc(C(C)NC(=O)c2coc(COc3ccc4ncccc4c3)n2)n1. The molecule has 0 spiro atoms. The minimum atomic E-state index is -0.313. The third kappa shape index (κ3) is 4.01. The zero-order valence-corrected chi connectivity index (χ0v) is 16.2. The Hall–Kier alpha value is -3.26. The molecule has 0 radical (unpaired) electrons. The molecule has 3 heterocycles. The predicted molar refractivity (Wildman–Crippen MR) is 105 cm³/mol. The molecule has 3 aromatic heterocycles. The van der Waals surface area contributed by atoms with E-state index in [4.69, 9.17) is 9.15 Å². The quantitative estimate of drug-likeness (QED) is 0.530. The van der Waals surface area contributed by atoms with Crippen molar-refractivity contribution >= 4 is 28.1 Å². The van der Waals surface area contributed by atoms with Crippen LogP contribution in [0.3, 0.4) is 0 Å². The van der Waals surface area contributed by atoms with Gasteiger partial charge in [-0.1, -0.05) is 6.07 Å². The highest BCUT2D eigenvalue weighted by atomic mass is 32.1. The van der Waals surface area contributed by atoms with Crippen LogP contribution in [0.1, 0.15) is 40.0 Å². The number of ether oxygens (including phenoxy) is 1. The number of rotatable bonds is 6. The Labute approximate surface area is 165 Å². The maximum Gasteiger partial charge on any atom is 0.273 e. The summed E-state index contributed by atoms with van der Waals surface area (Å²) in [5, 5.41) is 6.66. The van der Waals surface area contributed by atoms with Gasteiger partial charge in [0.05, 0.1) is 11.6 Å². The summed E-state index contributed by atoms with van der Waals surface area (Å²) in [6.45, 7) is 3.93. The highest BCUT2D eigenvalue weighted by Crippen LogP contribution is 2.20. The molecule has 142 valence electrons. The van der Waals surface area contributed by atoms with Crippen LogP contribution in [0.4, 0.5) is 0 Å². The maximum absolute atomic E-state index is 12.4. The molecule has 0 aliphatic rings. The van der Waals surface area contributed by atoms with Crippen molar-refractivity contribution in [3.63, 3.8) is 0 Å². The zero-order chi connectivity index (χ0) is 19.5. The molecule has 1 aromatic carbocycles. The number of aryl methyl sites for hydroxylation is 1. The first-order valence-corrected chi connectivity index (χ1v) is 9.61. The van der Waals surface area contributed by atoms with E-state index >= 15 is 0 Å². The number of oxazole rings is 1. The van der Waals surface area contributed by atoms with E-state index in [9.17, 15) is 4.79 Å². The zero-order valence-electron chi connectivity index (χ0n) is 15.4. The molecule has 4 rings (SSSR count). The lowest BCUT2D eigenvalue weighted by Crippen LogP contribution is -2.26. The molecule has 28 heavy (non-hydrogen) atoms. The number of amides is 1. The Balaban J connectivity index is 1.37. The summed E-state index contributed by atoms with van der Waals surface area (Å²) in [4.78, 5) is 25.2. The fourth-order valence-electron chi connectivity index (χ4n) is 2.67. The van der Waals surface area contributed by atoms with E-state index in [0.717, 1.165) is 21.6 Å². The van der Waals surface area contributed by atoms with E-state index in [1.807, 2.05) is 49.6 Å². The van der Waals surface area contributed by atoms with E-state index in [1.54, 1.807) is 6.20 Å². The van der Waals surface area contributed by atoms with Gasteiger partial charge in [-0.15, -0.1) is 11.3 Å². The van der Waals surface area contributed by atoms with Crippen molar-refractivity contribution in [1.29, 1.82) is 0 Å². The van der Waals surface area contributed by atoms with Crippen molar-refractivity contribution in [2.75, 3.05) is 0 Å². The molecule has 0 saturated carbocycles. The number of hydrogen-bond acceptors (Lipinski definition) is 7. The average molecular weight is 394 g/mol. The lowest BCUT2D eigenvalue weighted by molar-refractivity contribution is 0.0934. The topological polar surface area (TPSA) is 90.1 Å². The van der Waals surface area contributed by atoms with Gasteiger partial charge in [-0.3, -0.25) is 9.78 Å². The largest absolute Gasteiger partial charge is 0.484 e. The number of carbonyl (C=O) groups excluding carboxylic acids is 1. The second kappa shape index (κ2) is 7.77. The summed E-state index contributed by atoms with van der Waals surface area (Å²) in [6, 6.07) is 9.27. The molecule has 0 aliphatic carbocycles. The summed E-state index contributed by atoms with van der Waals surface area (Å²) in [7, 11) is 0. The standard InChI is InChI=1S/C20H18N4O3S/c1-12-11-28-20(22-12)13(2)23-19(25)17-9-27-18(24-17)10-26-15-5-6-16-14(8-15)4-3-7-21-16/h3-9,11,13H,10H2,1-2H3,(H,23,25). The van der Waals surface area contributed by atoms with E-state index in [0.29, 0.717) is 11.6 Å². The van der Waals surface area contributed by atoms with Crippen LogP contribution in [0, 0.1) is 6.92 Å². The van der Waals surface area contributed by atoms with E-state index in [2.05, 4.69) is 20.3 Å². The molecule has 1 amide bonds. The second-order valence-electron chi connectivity index (χ2n) is 6.30. The molecule has 4 aromatic rings. The molecule has 7 nitrogen and oxygen atoms in total. The smallest absolute Gasteiger partial charge is 0.273 e. The third-order valence-corrected chi connectivity index (χ3v) is 5.22. The Kier molecular flexibility index (Phi) is 5.03. The normalized spacial score (nSPS) is 12.1. The van der Waals surface area contributed by atoms with Crippen LogP contribution < -0.4 is 10.1 Å². The van der Waals surface area contributed by atoms with Crippen molar-refractivity contribution in [2.24, 2.45) is 0 Å². The van der Waals surface area contributed by atoms with Crippen LogP contribution in [0.25, 0.3) is 10.9 Å². The van der Waals surface area contributed by atoms with Gasteiger partial charge in [0, 0.05) is 22.7 Å². The molecular formula is C20H18N4O3S. The van der Waals surface area contributed by atoms with Gasteiger partial charge in [0.1, 0.15) is 17.0 Å². The number of benzene rings is 1. The maximum atomic E-state index is 12.4. The van der Waals surface area contributed by atoms with Gasteiger partial charge in [-0.25, -0.2) is 9.97 Å². The molecule has 1 N–H and O–H groups in total. The number of nitrogens with one attached hydrogen (secondary N) is 1. The van der Waals surface area contributed by atoms with Crippen molar-refractivity contribution < 1.29 is 13.9 Å². The van der Waals surface area contributed by atoms with Gasteiger partial charge in [-0.2, -0.15) is 0 Å². The second-order valence-corrected chi connectivity index (χ2v) is 7.19. The number of aromatic nitrogens is 3. The van der Waals surface area contributed by atoms with Crippen LogP contribution in [0.15, 0.2) is 52.6 Å². The van der Waals surface area contributed by atoms with Crippen LogP contribution in [0.5, 0.6) is 5.75 Å². The number of hydrogen-bond donors (Lipinski definition) is 1. The third-order valence-electron chi connectivity index (χ3n) is 4.08. The van der Waals surface area contributed by atoms with Crippen molar-refractivity contribution in [3.05, 3.63) is 70.5 Å². The Morgan fingerprint density at radius 1 is 1.32 bits per heavy atom. The fraction of sp³-hybridized carbons (Fsp3) is 0.200. The lowest BCUT2D eigenvalue weighted by Gasteiger charge is -2.09. The van der Waals surface area contributed by atoms with E-state index in [1.165, 1.54) is 17.6 Å². The molecule has 1 atom stereocenters. The number of fused-ring (bicyclic) bond motifs is 1. The van der Waals surface area contributed by atoms with E-state index in [-0.39, 0.29) is 24.2 Å². The first-order chi connectivity index (χ1) is 13.6. The first-order valence-electron chi connectivity index (χ1n) is 8.73. The monoisotopic (exact) mass is 394 g/mol. The average Bonchev–Trinajstić information content (AvgIpc) is 3.35. The minimum Gasteiger partial charge on any atom is -0.484 e. The summed E-state index contributed by atoms with van der Waals surface area (Å²) in [5.41, 5.74) is 2.04. The van der Waals surface area contributed by atoms with E-state index < -0.39 is 0 Å². The van der Waals surface area contributed by atoms with Gasteiger partial charge in [0.2, 0.25) is 5.89 Å². The van der Waals surface area contributed by atoms with Crippen molar-refractivity contribution in [1.82, 2.24) is 20.3 Å². The number of nitrogens with zero attached hydrogens (tertiary/aromatic N) is 3. The van der Waals surface area contributed by atoms with Gasteiger partial charge < -0.3 is 14.5 Å². The fourth-order valence-corrected chi connectivity index (χ4v) is 3.48. The summed E-state index contributed by atoms with van der Waals surface area (Å²) in [5.74, 6) is 0.693. The first kappa shape index (κ1) is 18.1. The lowest BCUT2D eigenvalue weighted by atomic mass is 10.2. The van der Waals surface area contributed by atoms with Gasteiger partial charge in [-0.05, 0) is 38.1 Å². The highest BCUT2D eigenvalue weighted by Gasteiger charge is 2.17. The van der Waals surface area contributed by atoms with Crippen LogP contribution >= 0.6 is 11.3 Å². The molecule has 1 unspecified atom stereocenters. The summed E-state index contributed by atoms with van der Waals surface area (Å²) < 4.78 is 11.1. The Bertz CT molecular complexity index is 1120. The predicted octanol–water partition coefficient (Wildman–Crippen LogP) is 4.06.